The van der Waals surface area contributed by atoms with Gasteiger partial charge in [0.05, 0.1) is 12.7 Å². The first-order valence-electron chi connectivity index (χ1n) is 6.56. The third-order valence-corrected chi connectivity index (χ3v) is 3.20. The molecule has 0 aliphatic carbocycles. The zero-order chi connectivity index (χ0) is 13.8. The minimum absolute atomic E-state index is 0.733. The van der Waals surface area contributed by atoms with Gasteiger partial charge in [0.15, 0.2) is 5.82 Å². The van der Waals surface area contributed by atoms with Crippen molar-refractivity contribution in [3.05, 3.63) is 72.4 Å². The fourth-order valence-electron chi connectivity index (χ4n) is 2.07. The van der Waals surface area contributed by atoms with Crippen LogP contribution in [-0.2, 0) is 6.54 Å². The van der Waals surface area contributed by atoms with Crippen LogP contribution < -0.4 is 4.90 Å². The molecule has 0 bridgehead atoms. The molecule has 0 aliphatic rings. The maximum atomic E-state index is 4.23. The lowest BCUT2D eigenvalue weighted by Gasteiger charge is -2.14. The van der Waals surface area contributed by atoms with Crippen molar-refractivity contribution in [2.75, 3.05) is 11.9 Å². The summed E-state index contributed by atoms with van der Waals surface area (Å²) in [6.07, 6.45) is 1.96. The fraction of sp³-hybridized carbons (Fsp3) is 0.125. The minimum Gasteiger partial charge on any atom is -0.327 e. The van der Waals surface area contributed by atoms with Crippen LogP contribution in [0.5, 0.6) is 0 Å². The Bertz CT molecular complexity index is 661. The first-order chi connectivity index (χ1) is 9.83. The SMILES string of the molecule is CN(c1ccccc1)c1cn(Cc2ccccc2)nn1. The standard InChI is InChI=1S/C16H16N4/c1-19(15-10-6-3-7-11-15)16-13-20(18-17-16)12-14-8-4-2-5-9-14/h2-11,13H,12H2,1H3. The molecule has 100 valence electrons. The molecule has 0 aliphatic heterocycles. The van der Waals surface area contributed by atoms with Gasteiger partial charge in [0.1, 0.15) is 0 Å². The van der Waals surface area contributed by atoms with Crippen molar-refractivity contribution in [1.82, 2.24) is 15.0 Å². The van der Waals surface area contributed by atoms with Gasteiger partial charge in [-0.25, -0.2) is 4.68 Å². The van der Waals surface area contributed by atoms with Gasteiger partial charge in [-0.2, -0.15) is 0 Å². The van der Waals surface area contributed by atoms with E-state index >= 15 is 0 Å². The number of para-hydroxylation sites is 1. The number of rotatable bonds is 4. The van der Waals surface area contributed by atoms with Crippen LogP contribution in [0.2, 0.25) is 0 Å². The zero-order valence-corrected chi connectivity index (χ0v) is 11.3. The van der Waals surface area contributed by atoms with Crippen LogP contribution in [-0.4, -0.2) is 22.0 Å². The summed E-state index contributed by atoms with van der Waals surface area (Å²) in [4.78, 5) is 2.02. The maximum Gasteiger partial charge on any atom is 0.175 e. The van der Waals surface area contributed by atoms with E-state index in [4.69, 9.17) is 0 Å². The van der Waals surface area contributed by atoms with Gasteiger partial charge in [0.2, 0.25) is 0 Å². The maximum absolute atomic E-state index is 4.23. The highest BCUT2D eigenvalue weighted by molar-refractivity contribution is 5.57. The number of hydrogen-bond donors (Lipinski definition) is 0. The molecule has 3 aromatic rings. The predicted molar refractivity (Wildman–Crippen MR) is 80.1 cm³/mol. The molecule has 0 N–H and O–H groups in total. The Hall–Kier alpha value is -2.62. The van der Waals surface area contributed by atoms with Gasteiger partial charge in [0, 0.05) is 12.7 Å². The molecule has 0 unspecified atom stereocenters. The monoisotopic (exact) mass is 264 g/mol. The molecule has 0 saturated heterocycles. The van der Waals surface area contributed by atoms with Crippen LogP contribution in [0.15, 0.2) is 66.9 Å². The molecule has 0 amide bonds. The molecule has 4 nitrogen and oxygen atoms in total. The van der Waals surface area contributed by atoms with E-state index in [1.54, 1.807) is 0 Å². The van der Waals surface area contributed by atoms with Crippen LogP contribution in [0, 0.1) is 0 Å². The van der Waals surface area contributed by atoms with Crippen LogP contribution in [0.4, 0.5) is 11.5 Å². The van der Waals surface area contributed by atoms with Crippen LogP contribution in [0.25, 0.3) is 0 Å². The number of aromatic nitrogens is 3. The van der Waals surface area contributed by atoms with E-state index < -0.39 is 0 Å². The first-order valence-corrected chi connectivity index (χ1v) is 6.56. The van der Waals surface area contributed by atoms with Gasteiger partial charge >= 0.3 is 0 Å². The smallest absolute Gasteiger partial charge is 0.175 e. The summed E-state index contributed by atoms with van der Waals surface area (Å²) in [5.74, 6) is 0.840. The van der Waals surface area contributed by atoms with Crippen LogP contribution in [0.3, 0.4) is 0 Å². The lowest BCUT2D eigenvalue weighted by atomic mass is 10.2. The fourth-order valence-corrected chi connectivity index (χ4v) is 2.07. The van der Waals surface area contributed by atoms with Gasteiger partial charge < -0.3 is 4.90 Å². The van der Waals surface area contributed by atoms with E-state index in [1.165, 1.54) is 5.56 Å². The van der Waals surface area contributed by atoms with E-state index in [1.807, 2.05) is 59.2 Å². The molecule has 1 heterocycles. The highest BCUT2D eigenvalue weighted by Crippen LogP contribution is 2.20. The van der Waals surface area contributed by atoms with Gasteiger partial charge in [-0.3, -0.25) is 0 Å². The molecule has 20 heavy (non-hydrogen) atoms. The second-order valence-electron chi connectivity index (χ2n) is 4.65. The van der Waals surface area contributed by atoms with Crippen LogP contribution in [0.1, 0.15) is 5.56 Å². The summed E-state index contributed by atoms with van der Waals surface area (Å²) in [5, 5.41) is 8.41. The normalized spacial score (nSPS) is 10.4. The highest BCUT2D eigenvalue weighted by atomic mass is 15.5. The number of hydrogen-bond acceptors (Lipinski definition) is 3. The minimum atomic E-state index is 0.733. The van der Waals surface area contributed by atoms with Crippen LogP contribution >= 0.6 is 0 Å². The molecule has 3 rings (SSSR count). The van der Waals surface area contributed by atoms with Crippen molar-refractivity contribution in [1.29, 1.82) is 0 Å². The van der Waals surface area contributed by atoms with E-state index in [0.717, 1.165) is 18.1 Å². The van der Waals surface area contributed by atoms with Gasteiger partial charge in [-0.1, -0.05) is 53.7 Å². The van der Waals surface area contributed by atoms with Crippen molar-refractivity contribution < 1.29 is 0 Å². The predicted octanol–water partition coefficient (Wildman–Crippen LogP) is 3.09. The van der Waals surface area contributed by atoms with Crippen molar-refractivity contribution in [2.24, 2.45) is 0 Å². The first kappa shape index (κ1) is 12.4. The quantitative estimate of drug-likeness (QED) is 0.726. The second kappa shape index (κ2) is 5.57. The Morgan fingerprint density at radius 2 is 1.60 bits per heavy atom. The summed E-state index contributed by atoms with van der Waals surface area (Å²) in [5.41, 5.74) is 2.31. The third-order valence-electron chi connectivity index (χ3n) is 3.20. The van der Waals surface area contributed by atoms with Crippen molar-refractivity contribution in [2.45, 2.75) is 6.54 Å². The molecule has 4 heteroatoms. The Labute approximate surface area is 118 Å². The summed E-state index contributed by atoms with van der Waals surface area (Å²) in [6.45, 7) is 0.733. The van der Waals surface area contributed by atoms with Gasteiger partial charge in [-0.05, 0) is 17.7 Å². The molecular weight excluding hydrogens is 248 g/mol. The van der Waals surface area contributed by atoms with Gasteiger partial charge in [-0.15, -0.1) is 5.10 Å². The molecule has 2 aromatic carbocycles. The molecule has 1 aromatic heterocycles. The highest BCUT2D eigenvalue weighted by Gasteiger charge is 2.08. The summed E-state index contributed by atoms with van der Waals surface area (Å²) in [6, 6.07) is 20.4. The average Bonchev–Trinajstić information content (AvgIpc) is 2.97. The van der Waals surface area contributed by atoms with Gasteiger partial charge in [0.25, 0.3) is 0 Å². The van der Waals surface area contributed by atoms with E-state index in [-0.39, 0.29) is 0 Å². The summed E-state index contributed by atoms with van der Waals surface area (Å²) >= 11 is 0. The Balaban J connectivity index is 1.77. The van der Waals surface area contributed by atoms with E-state index in [2.05, 4.69) is 34.6 Å². The Morgan fingerprint density at radius 3 is 2.30 bits per heavy atom. The molecule has 0 radical (unpaired) electrons. The van der Waals surface area contributed by atoms with Crippen molar-refractivity contribution in [3.8, 4) is 0 Å². The Morgan fingerprint density at radius 1 is 0.950 bits per heavy atom. The molecular formula is C16H16N4. The second-order valence-corrected chi connectivity index (χ2v) is 4.65. The number of anilines is 2. The molecule has 0 spiro atoms. The van der Waals surface area contributed by atoms with Crippen molar-refractivity contribution in [3.63, 3.8) is 0 Å². The lowest BCUT2D eigenvalue weighted by molar-refractivity contribution is 0.649. The summed E-state index contributed by atoms with van der Waals surface area (Å²) < 4.78 is 1.85. The lowest BCUT2D eigenvalue weighted by Crippen LogP contribution is -2.09. The van der Waals surface area contributed by atoms with E-state index in [0.29, 0.717) is 0 Å². The van der Waals surface area contributed by atoms with Crippen molar-refractivity contribution >= 4 is 11.5 Å². The Kier molecular flexibility index (Phi) is 3.46. The largest absolute Gasteiger partial charge is 0.327 e. The molecule has 0 fully saturated rings. The number of benzene rings is 2. The topological polar surface area (TPSA) is 34.0 Å². The summed E-state index contributed by atoms with van der Waals surface area (Å²) in [7, 11) is 1.99. The average molecular weight is 264 g/mol. The molecule has 0 atom stereocenters. The van der Waals surface area contributed by atoms with E-state index in [9.17, 15) is 0 Å². The molecule has 0 saturated carbocycles. The number of nitrogens with zero attached hydrogens (tertiary/aromatic N) is 4. The zero-order valence-electron chi connectivity index (χ0n) is 11.3. The third kappa shape index (κ3) is 2.69.